The van der Waals surface area contributed by atoms with Crippen molar-refractivity contribution in [3.05, 3.63) is 41.6 Å². The van der Waals surface area contributed by atoms with Crippen LogP contribution in [0.1, 0.15) is 63.8 Å². The average molecular weight is 370 g/mol. The third-order valence-electron chi connectivity index (χ3n) is 4.99. The minimum atomic E-state index is -0.124. The number of oxazole rings is 1. The van der Waals surface area contributed by atoms with E-state index in [4.69, 9.17) is 4.42 Å². The number of hydrogen-bond donors (Lipinski definition) is 1. The second-order valence-corrected chi connectivity index (χ2v) is 8.42. The number of anilines is 2. The highest BCUT2D eigenvalue weighted by Gasteiger charge is 2.22. The molecule has 0 atom stereocenters. The van der Waals surface area contributed by atoms with Gasteiger partial charge in [-0.15, -0.1) is 0 Å². The van der Waals surface area contributed by atoms with E-state index >= 15 is 0 Å². The van der Waals surface area contributed by atoms with Crippen molar-refractivity contribution < 1.29 is 9.21 Å². The van der Waals surface area contributed by atoms with Crippen molar-refractivity contribution in [3.63, 3.8) is 0 Å². The second kappa shape index (κ2) is 8.15. The van der Waals surface area contributed by atoms with Gasteiger partial charge in [0.2, 0.25) is 5.91 Å². The smallest absolute Gasteiger partial charge is 0.224 e. The molecule has 1 aliphatic heterocycles. The molecule has 1 amide bonds. The Morgan fingerprint density at radius 3 is 2.41 bits per heavy atom. The van der Waals surface area contributed by atoms with Gasteiger partial charge in [-0.2, -0.15) is 0 Å². The molecule has 2 aromatic rings. The third kappa shape index (κ3) is 5.12. The maximum atomic E-state index is 12.3. The Bertz CT molecular complexity index is 766. The van der Waals surface area contributed by atoms with Crippen LogP contribution in [0, 0.1) is 6.92 Å². The molecule has 1 aromatic heterocycles. The van der Waals surface area contributed by atoms with Crippen molar-refractivity contribution in [2.75, 3.05) is 23.3 Å². The highest BCUT2D eigenvalue weighted by atomic mass is 16.4. The van der Waals surface area contributed by atoms with Crippen molar-refractivity contribution in [1.82, 2.24) is 4.98 Å². The second-order valence-electron chi connectivity index (χ2n) is 8.42. The van der Waals surface area contributed by atoms with Crippen molar-refractivity contribution >= 4 is 17.3 Å². The molecule has 0 bridgehead atoms. The Hall–Kier alpha value is -2.30. The first kappa shape index (κ1) is 19.5. The van der Waals surface area contributed by atoms with Crippen LogP contribution in [0.25, 0.3) is 0 Å². The summed E-state index contributed by atoms with van der Waals surface area (Å²) < 4.78 is 5.87. The van der Waals surface area contributed by atoms with Gasteiger partial charge in [-0.05, 0) is 50.5 Å². The molecule has 1 saturated heterocycles. The number of carbonyl (C=O) groups excluding carboxylic acids is 1. The number of nitrogens with zero attached hydrogens (tertiary/aromatic N) is 2. The topological polar surface area (TPSA) is 58.4 Å². The Morgan fingerprint density at radius 1 is 1.15 bits per heavy atom. The van der Waals surface area contributed by atoms with Gasteiger partial charge in [0.05, 0.1) is 5.69 Å². The van der Waals surface area contributed by atoms with E-state index in [9.17, 15) is 4.79 Å². The first-order valence-corrected chi connectivity index (χ1v) is 9.94. The highest BCUT2D eigenvalue weighted by molar-refractivity contribution is 5.91. The monoisotopic (exact) mass is 369 g/mol. The van der Waals surface area contributed by atoms with Crippen LogP contribution in [0.3, 0.4) is 0 Å². The Balaban J connectivity index is 1.53. The lowest BCUT2D eigenvalue weighted by molar-refractivity contribution is -0.116. The molecule has 0 radical (unpaired) electrons. The summed E-state index contributed by atoms with van der Waals surface area (Å²) in [7, 11) is 0. The van der Waals surface area contributed by atoms with E-state index in [1.54, 1.807) is 0 Å². The number of aromatic nitrogens is 1. The van der Waals surface area contributed by atoms with Gasteiger partial charge >= 0.3 is 0 Å². The maximum Gasteiger partial charge on any atom is 0.224 e. The zero-order chi connectivity index (χ0) is 19.4. The summed E-state index contributed by atoms with van der Waals surface area (Å²) in [5.74, 6) is 1.52. The summed E-state index contributed by atoms with van der Waals surface area (Å²) in [5, 5.41) is 2.98. The number of hydrogen-bond acceptors (Lipinski definition) is 4. The van der Waals surface area contributed by atoms with E-state index in [0.29, 0.717) is 12.8 Å². The molecule has 0 spiro atoms. The molecule has 27 heavy (non-hydrogen) atoms. The predicted octanol–water partition coefficient (Wildman–Crippen LogP) is 4.84. The number of piperidine rings is 1. The summed E-state index contributed by atoms with van der Waals surface area (Å²) in [5.41, 5.74) is 2.82. The van der Waals surface area contributed by atoms with Gasteiger partial charge in [-0.1, -0.05) is 20.8 Å². The number of nitrogens with one attached hydrogen (secondary N) is 1. The zero-order valence-electron chi connectivity index (χ0n) is 17.0. The average Bonchev–Trinajstić information content (AvgIpc) is 3.03. The molecule has 1 fully saturated rings. The first-order chi connectivity index (χ1) is 12.8. The van der Waals surface area contributed by atoms with Crippen LogP contribution in [-0.4, -0.2) is 24.0 Å². The number of amides is 1. The Labute approximate surface area is 162 Å². The molecule has 1 aromatic carbocycles. The summed E-state index contributed by atoms with van der Waals surface area (Å²) in [6.45, 7) is 10.4. The largest absolute Gasteiger partial charge is 0.445 e. The first-order valence-electron chi connectivity index (χ1n) is 9.94. The van der Waals surface area contributed by atoms with Gasteiger partial charge in [-0.3, -0.25) is 4.79 Å². The van der Waals surface area contributed by atoms with Gasteiger partial charge in [0.1, 0.15) is 5.76 Å². The molecule has 0 saturated carbocycles. The van der Waals surface area contributed by atoms with Crippen LogP contribution in [0.4, 0.5) is 11.4 Å². The number of rotatable bonds is 5. The maximum absolute atomic E-state index is 12.3. The molecular weight excluding hydrogens is 338 g/mol. The van der Waals surface area contributed by atoms with Crippen molar-refractivity contribution in [3.8, 4) is 0 Å². The van der Waals surface area contributed by atoms with Gasteiger partial charge in [0.25, 0.3) is 0 Å². The van der Waals surface area contributed by atoms with Crippen molar-refractivity contribution in [2.45, 2.75) is 65.2 Å². The molecule has 2 heterocycles. The van der Waals surface area contributed by atoms with E-state index in [0.717, 1.165) is 36.1 Å². The Morgan fingerprint density at radius 2 is 1.81 bits per heavy atom. The van der Waals surface area contributed by atoms with E-state index in [1.807, 2.05) is 19.1 Å². The van der Waals surface area contributed by atoms with Crippen LogP contribution >= 0.6 is 0 Å². The van der Waals surface area contributed by atoms with Crippen LogP contribution in [0.2, 0.25) is 0 Å². The molecule has 0 unspecified atom stereocenters. The summed E-state index contributed by atoms with van der Waals surface area (Å²) >= 11 is 0. The van der Waals surface area contributed by atoms with E-state index in [2.05, 4.69) is 48.1 Å². The van der Waals surface area contributed by atoms with Crippen LogP contribution in [0.15, 0.2) is 28.7 Å². The summed E-state index contributed by atoms with van der Waals surface area (Å²) in [6, 6.07) is 8.16. The van der Waals surface area contributed by atoms with Crippen LogP contribution in [0.5, 0.6) is 0 Å². The summed E-state index contributed by atoms with van der Waals surface area (Å²) in [6.07, 6.45) is 4.79. The van der Waals surface area contributed by atoms with Crippen LogP contribution in [-0.2, 0) is 16.6 Å². The van der Waals surface area contributed by atoms with E-state index < -0.39 is 0 Å². The SMILES string of the molecule is Cc1nc(C(C)(C)C)oc1CCC(=O)Nc1ccc(N2CCCCC2)cc1. The molecule has 1 N–H and O–H groups in total. The van der Waals surface area contributed by atoms with Gasteiger partial charge in [0.15, 0.2) is 5.89 Å². The minimum Gasteiger partial charge on any atom is -0.445 e. The third-order valence-corrected chi connectivity index (χ3v) is 4.99. The number of aryl methyl sites for hydroxylation is 2. The molecule has 146 valence electrons. The highest BCUT2D eigenvalue weighted by Crippen LogP contribution is 2.25. The van der Waals surface area contributed by atoms with Crippen LogP contribution < -0.4 is 10.2 Å². The van der Waals surface area contributed by atoms with Gasteiger partial charge in [-0.25, -0.2) is 4.98 Å². The lowest BCUT2D eigenvalue weighted by atomic mass is 9.97. The summed E-state index contributed by atoms with van der Waals surface area (Å²) in [4.78, 5) is 19.2. The predicted molar refractivity (Wildman–Crippen MR) is 109 cm³/mol. The normalized spacial score (nSPS) is 15.0. The fourth-order valence-electron chi connectivity index (χ4n) is 3.34. The lowest BCUT2D eigenvalue weighted by Gasteiger charge is -2.28. The molecule has 0 aliphatic carbocycles. The molecule has 1 aliphatic rings. The van der Waals surface area contributed by atoms with E-state index in [-0.39, 0.29) is 11.3 Å². The zero-order valence-corrected chi connectivity index (χ0v) is 17.0. The molecule has 5 heteroatoms. The lowest BCUT2D eigenvalue weighted by Crippen LogP contribution is -2.29. The fourth-order valence-corrected chi connectivity index (χ4v) is 3.34. The molecule has 3 rings (SSSR count). The Kier molecular flexibility index (Phi) is 5.88. The fraction of sp³-hybridized carbons (Fsp3) is 0.545. The molecule has 5 nitrogen and oxygen atoms in total. The van der Waals surface area contributed by atoms with Gasteiger partial charge < -0.3 is 14.6 Å². The van der Waals surface area contributed by atoms with Crippen molar-refractivity contribution in [1.29, 1.82) is 0 Å². The standard InChI is InChI=1S/C22H31N3O2/c1-16-19(27-21(23-16)22(2,3)4)12-13-20(26)24-17-8-10-18(11-9-17)25-14-6-5-7-15-25/h8-11H,5-7,12-15H2,1-4H3,(H,24,26). The number of benzene rings is 1. The minimum absolute atomic E-state index is 0.00571. The van der Waals surface area contributed by atoms with Gasteiger partial charge in [0, 0.05) is 42.7 Å². The van der Waals surface area contributed by atoms with E-state index in [1.165, 1.54) is 24.9 Å². The number of carbonyl (C=O) groups is 1. The molecular formula is C22H31N3O2. The van der Waals surface area contributed by atoms with Crippen molar-refractivity contribution in [2.24, 2.45) is 0 Å². The quantitative estimate of drug-likeness (QED) is 0.819.